The van der Waals surface area contributed by atoms with Crippen molar-refractivity contribution in [1.82, 2.24) is 0 Å². The van der Waals surface area contributed by atoms with Gasteiger partial charge in [-0.1, -0.05) is 181 Å². The van der Waals surface area contributed by atoms with Crippen LogP contribution in [0.2, 0.25) is 0 Å². The van der Waals surface area contributed by atoms with Crippen molar-refractivity contribution in [3.05, 3.63) is 12.2 Å². The lowest BCUT2D eigenvalue weighted by molar-refractivity contribution is -0.153. The van der Waals surface area contributed by atoms with Crippen molar-refractivity contribution in [2.24, 2.45) is 5.92 Å². The molecule has 1 unspecified atom stereocenters. The van der Waals surface area contributed by atoms with Gasteiger partial charge < -0.3 is 9.47 Å². The molecule has 0 fully saturated rings. The van der Waals surface area contributed by atoms with E-state index in [9.17, 15) is 9.59 Å². The van der Waals surface area contributed by atoms with E-state index in [0.29, 0.717) is 13.2 Å². The molecule has 248 valence electrons. The van der Waals surface area contributed by atoms with E-state index < -0.39 is 5.92 Å². The number of unbranched alkanes of at least 4 members (excludes halogenated alkanes) is 24. The average Bonchev–Trinajstić information content (AvgIpc) is 2.99. The molecule has 0 aliphatic rings. The summed E-state index contributed by atoms with van der Waals surface area (Å²) >= 11 is 0. The molecule has 4 nitrogen and oxygen atoms in total. The molecule has 0 radical (unpaired) electrons. The second-order valence-electron chi connectivity index (χ2n) is 12.5. The Hall–Kier alpha value is -1.32. The minimum Gasteiger partial charge on any atom is -0.466 e. The molecule has 0 saturated carbocycles. The van der Waals surface area contributed by atoms with Crippen molar-refractivity contribution in [3.63, 3.8) is 0 Å². The summed E-state index contributed by atoms with van der Waals surface area (Å²) < 4.78 is 11.0. The van der Waals surface area contributed by atoms with Gasteiger partial charge in [0.05, 0.1) is 25.6 Å². The third-order valence-corrected chi connectivity index (χ3v) is 8.29. The SMILES string of the molecule is CCCCCCCCCCCCCCCCC=CC(CC(=O)OCCCCCCCC)C(=O)OCCCCCCCC. The summed E-state index contributed by atoms with van der Waals surface area (Å²) in [7, 11) is 0. The van der Waals surface area contributed by atoms with E-state index >= 15 is 0 Å². The van der Waals surface area contributed by atoms with E-state index in [1.54, 1.807) is 0 Å². The summed E-state index contributed by atoms with van der Waals surface area (Å²) in [6, 6.07) is 0. The largest absolute Gasteiger partial charge is 0.466 e. The molecule has 0 bridgehead atoms. The van der Waals surface area contributed by atoms with Crippen LogP contribution in [0.4, 0.5) is 0 Å². The molecule has 42 heavy (non-hydrogen) atoms. The molecule has 0 rings (SSSR count). The Morgan fingerprint density at radius 3 is 1.26 bits per heavy atom. The second kappa shape index (κ2) is 34.2. The highest BCUT2D eigenvalue weighted by atomic mass is 16.5. The summed E-state index contributed by atoms with van der Waals surface area (Å²) in [5, 5.41) is 0. The molecule has 0 saturated heterocycles. The van der Waals surface area contributed by atoms with E-state index in [4.69, 9.17) is 9.47 Å². The van der Waals surface area contributed by atoms with Gasteiger partial charge in [0, 0.05) is 0 Å². The van der Waals surface area contributed by atoms with Crippen LogP contribution in [0.15, 0.2) is 12.2 Å². The molecular formula is C38H72O4. The van der Waals surface area contributed by atoms with Crippen LogP contribution in [-0.2, 0) is 19.1 Å². The Kier molecular flexibility index (Phi) is 33.1. The van der Waals surface area contributed by atoms with E-state index in [-0.39, 0.29) is 18.4 Å². The molecular weight excluding hydrogens is 520 g/mol. The fourth-order valence-corrected chi connectivity index (χ4v) is 5.42. The van der Waals surface area contributed by atoms with Crippen molar-refractivity contribution >= 4 is 11.9 Å². The van der Waals surface area contributed by atoms with Crippen molar-refractivity contribution in [1.29, 1.82) is 0 Å². The van der Waals surface area contributed by atoms with Crippen LogP contribution in [0.5, 0.6) is 0 Å². The first-order valence-electron chi connectivity index (χ1n) is 18.6. The van der Waals surface area contributed by atoms with Crippen LogP contribution < -0.4 is 0 Å². The summed E-state index contributed by atoms with van der Waals surface area (Å²) in [6.07, 6.45) is 37.8. The van der Waals surface area contributed by atoms with Gasteiger partial charge in [0.25, 0.3) is 0 Å². The van der Waals surface area contributed by atoms with Crippen molar-refractivity contribution in [3.8, 4) is 0 Å². The molecule has 0 N–H and O–H groups in total. The van der Waals surface area contributed by atoms with Crippen LogP contribution in [0, 0.1) is 5.92 Å². The van der Waals surface area contributed by atoms with Gasteiger partial charge in [-0.15, -0.1) is 0 Å². The minimum atomic E-state index is -0.534. The smallest absolute Gasteiger partial charge is 0.313 e. The monoisotopic (exact) mass is 593 g/mol. The van der Waals surface area contributed by atoms with Gasteiger partial charge in [0.15, 0.2) is 0 Å². The fourth-order valence-electron chi connectivity index (χ4n) is 5.42. The van der Waals surface area contributed by atoms with Crippen LogP contribution in [0.3, 0.4) is 0 Å². The number of allylic oxidation sites excluding steroid dienone is 1. The average molecular weight is 593 g/mol. The molecule has 0 aromatic rings. The van der Waals surface area contributed by atoms with Crippen LogP contribution >= 0.6 is 0 Å². The van der Waals surface area contributed by atoms with Crippen molar-refractivity contribution in [2.45, 2.75) is 201 Å². The number of hydrogen-bond acceptors (Lipinski definition) is 4. The van der Waals surface area contributed by atoms with Crippen molar-refractivity contribution < 1.29 is 19.1 Å². The highest BCUT2D eigenvalue weighted by Gasteiger charge is 2.21. The van der Waals surface area contributed by atoms with Gasteiger partial charge in [-0.25, -0.2) is 0 Å². The number of carbonyl (C=O) groups is 2. The Morgan fingerprint density at radius 2 is 0.833 bits per heavy atom. The topological polar surface area (TPSA) is 52.6 Å². The lowest BCUT2D eigenvalue weighted by atomic mass is 10.0. The summed E-state index contributed by atoms with van der Waals surface area (Å²) in [5.74, 6) is -1.10. The molecule has 0 aliphatic heterocycles. The zero-order chi connectivity index (χ0) is 30.8. The molecule has 0 aromatic carbocycles. The quantitative estimate of drug-likeness (QED) is 0.0432. The van der Waals surface area contributed by atoms with Gasteiger partial charge in [-0.05, 0) is 25.7 Å². The maximum absolute atomic E-state index is 12.8. The van der Waals surface area contributed by atoms with Gasteiger partial charge in [-0.3, -0.25) is 9.59 Å². The molecule has 0 amide bonds. The predicted molar refractivity (Wildman–Crippen MR) is 181 cm³/mol. The Bertz CT molecular complexity index is 600. The van der Waals surface area contributed by atoms with E-state index in [1.807, 2.05) is 6.08 Å². The highest BCUT2D eigenvalue weighted by Crippen LogP contribution is 2.16. The Labute approximate surface area is 262 Å². The van der Waals surface area contributed by atoms with Gasteiger partial charge in [0.2, 0.25) is 0 Å². The predicted octanol–water partition coefficient (Wildman–Crippen LogP) is 12.2. The summed E-state index contributed by atoms with van der Waals surface area (Å²) in [4.78, 5) is 25.3. The standard InChI is InChI=1S/C38H72O4/c1-4-7-10-13-16-17-18-19-20-21-22-23-24-25-26-29-32-36(38(40)42-34-31-28-15-12-9-6-3)35-37(39)41-33-30-27-14-11-8-5-2/h29,32,36H,4-28,30-31,33-35H2,1-3H3. The number of carbonyl (C=O) groups excluding carboxylic acids is 2. The number of hydrogen-bond donors (Lipinski definition) is 0. The second-order valence-corrected chi connectivity index (χ2v) is 12.5. The number of rotatable bonds is 33. The van der Waals surface area contributed by atoms with Gasteiger partial charge in [0.1, 0.15) is 0 Å². The third kappa shape index (κ3) is 30.1. The first kappa shape index (κ1) is 40.7. The fraction of sp³-hybridized carbons (Fsp3) is 0.895. The van der Waals surface area contributed by atoms with E-state index in [2.05, 4.69) is 26.8 Å². The Morgan fingerprint density at radius 1 is 0.476 bits per heavy atom. The number of esters is 2. The Balaban J connectivity index is 4.19. The molecule has 1 atom stereocenters. The summed E-state index contributed by atoms with van der Waals surface area (Å²) in [5.41, 5.74) is 0. The van der Waals surface area contributed by atoms with Crippen molar-refractivity contribution in [2.75, 3.05) is 13.2 Å². The maximum atomic E-state index is 12.8. The molecule has 0 aliphatic carbocycles. The third-order valence-electron chi connectivity index (χ3n) is 8.29. The van der Waals surface area contributed by atoms with Gasteiger partial charge in [-0.2, -0.15) is 0 Å². The lowest BCUT2D eigenvalue weighted by Crippen LogP contribution is -2.21. The molecule has 0 spiro atoms. The zero-order valence-electron chi connectivity index (χ0n) is 28.6. The highest BCUT2D eigenvalue weighted by molar-refractivity contribution is 5.81. The maximum Gasteiger partial charge on any atom is 0.313 e. The van der Waals surface area contributed by atoms with E-state index in [0.717, 1.165) is 38.5 Å². The van der Waals surface area contributed by atoms with E-state index in [1.165, 1.54) is 135 Å². The molecule has 4 heteroatoms. The molecule has 0 heterocycles. The van der Waals surface area contributed by atoms with Crippen LogP contribution in [-0.4, -0.2) is 25.2 Å². The first-order chi connectivity index (χ1) is 20.7. The minimum absolute atomic E-state index is 0.0837. The normalized spacial score (nSPS) is 12.2. The molecule has 0 aromatic heterocycles. The van der Waals surface area contributed by atoms with Gasteiger partial charge >= 0.3 is 11.9 Å². The zero-order valence-corrected chi connectivity index (χ0v) is 28.6. The first-order valence-corrected chi connectivity index (χ1v) is 18.6. The van der Waals surface area contributed by atoms with Crippen LogP contribution in [0.1, 0.15) is 201 Å². The van der Waals surface area contributed by atoms with Crippen LogP contribution in [0.25, 0.3) is 0 Å². The summed E-state index contributed by atoms with van der Waals surface area (Å²) in [6.45, 7) is 7.61. The number of ether oxygens (including phenoxy) is 2. The lowest BCUT2D eigenvalue weighted by Gasteiger charge is -2.13.